The van der Waals surface area contributed by atoms with E-state index in [1.807, 2.05) is 9.47 Å². The predicted octanol–water partition coefficient (Wildman–Crippen LogP) is -0.707. The van der Waals surface area contributed by atoms with E-state index in [0.717, 1.165) is 0 Å². The number of carbonyl (C=O) groups is 1. The van der Waals surface area contributed by atoms with Crippen molar-refractivity contribution in [2.75, 3.05) is 13.7 Å². The zero-order valence-electron chi connectivity index (χ0n) is 5.16. The standard InChI is InChI=1S/C4H10NO3P/c1-7-4(6)3(5)2-8-9/h3H,2,5,9H2,1H3. The summed E-state index contributed by atoms with van der Waals surface area (Å²) in [4.78, 5) is 10.5. The van der Waals surface area contributed by atoms with Gasteiger partial charge in [0.15, 0.2) is 0 Å². The molecule has 54 valence electrons. The number of nitrogens with two attached hydrogens (primary N) is 1. The number of hydrogen-bond acceptors (Lipinski definition) is 4. The van der Waals surface area contributed by atoms with Crippen LogP contribution in [0.1, 0.15) is 0 Å². The molecule has 5 heteroatoms. The molecule has 0 fully saturated rings. The second-order valence-corrected chi connectivity index (χ2v) is 1.80. The lowest BCUT2D eigenvalue weighted by Gasteiger charge is -2.05. The maximum Gasteiger partial charge on any atom is 0.325 e. The minimum atomic E-state index is -0.674. The summed E-state index contributed by atoms with van der Waals surface area (Å²) >= 11 is 0. The van der Waals surface area contributed by atoms with Gasteiger partial charge in [0.1, 0.15) is 6.04 Å². The average Bonchev–Trinajstić information content (AvgIpc) is 1.87. The fraction of sp³-hybridized carbons (Fsp3) is 0.750. The SMILES string of the molecule is COC(=O)C(N)COP. The molecule has 0 saturated heterocycles. The smallest absolute Gasteiger partial charge is 0.325 e. The second kappa shape index (κ2) is 4.68. The molecule has 9 heavy (non-hydrogen) atoms. The third-order valence-corrected chi connectivity index (χ3v) is 0.972. The molecule has 0 rings (SSSR count). The van der Waals surface area contributed by atoms with Gasteiger partial charge in [0.2, 0.25) is 0 Å². The van der Waals surface area contributed by atoms with Crippen LogP contribution in [0.4, 0.5) is 0 Å². The summed E-state index contributed by atoms with van der Waals surface area (Å²) in [5, 5.41) is 0. The van der Waals surface area contributed by atoms with Gasteiger partial charge in [0.05, 0.1) is 13.7 Å². The Labute approximate surface area is 56.0 Å². The molecule has 0 saturated carbocycles. The molecule has 2 N–H and O–H groups in total. The number of methoxy groups -OCH3 is 1. The molecule has 0 bridgehead atoms. The Bertz CT molecular complexity index is 97.8. The van der Waals surface area contributed by atoms with E-state index in [0.29, 0.717) is 0 Å². The van der Waals surface area contributed by atoms with Crippen LogP contribution >= 0.6 is 9.47 Å². The van der Waals surface area contributed by atoms with Crippen molar-refractivity contribution in [3.63, 3.8) is 0 Å². The Morgan fingerprint density at radius 2 is 2.44 bits per heavy atom. The highest BCUT2D eigenvalue weighted by Crippen LogP contribution is 1.89. The van der Waals surface area contributed by atoms with Crippen molar-refractivity contribution in [2.24, 2.45) is 5.73 Å². The molecule has 4 nitrogen and oxygen atoms in total. The normalized spacial score (nSPS) is 12.8. The lowest BCUT2D eigenvalue weighted by molar-refractivity contribution is -0.142. The molecule has 2 atom stereocenters. The first-order valence-corrected chi connectivity index (χ1v) is 2.84. The summed E-state index contributed by atoms with van der Waals surface area (Å²) in [6.45, 7) is 0.164. The molecule has 0 heterocycles. The van der Waals surface area contributed by atoms with E-state index < -0.39 is 12.0 Å². The highest BCUT2D eigenvalue weighted by atomic mass is 31.0. The number of rotatable bonds is 3. The van der Waals surface area contributed by atoms with Gasteiger partial charge < -0.3 is 15.0 Å². The van der Waals surface area contributed by atoms with E-state index in [1.165, 1.54) is 7.11 Å². The first-order valence-electron chi connectivity index (χ1n) is 2.37. The molecular weight excluding hydrogens is 141 g/mol. The van der Waals surface area contributed by atoms with E-state index in [4.69, 9.17) is 5.73 Å². The van der Waals surface area contributed by atoms with Crippen molar-refractivity contribution in [2.45, 2.75) is 6.04 Å². The van der Waals surface area contributed by atoms with Gasteiger partial charge >= 0.3 is 5.97 Å². The first kappa shape index (κ1) is 8.82. The quantitative estimate of drug-likeness (QED) is 0.427. The van der Waals surface area contributed by atoms with Crippen molar-refractivity contribution < 1.29 is 14.1 Å². The molecule has 0 aliphatic carbocycles. The summed E-state index contributed by atoms with van der Waals surface area (Å²) in [6.07, 6.45) is 0. The van der Waals surface area contributed by atoms with Gasteiger partial charge in [-0.15, -0.1) is 0 Å². The molecule has 0 aliphatic rings. The first-order chi connectivity index (χ1) is 4.22. The Morgan fingerprint density at radius 1 is 1.89 bits per heavy atom. The van der Waals surface area contributed by atoms with E-state index in [1.54, 1.807) is 0 Å². The molecule has 0 aromatic carbocycles. The number of hydrogen-bond donors (Lipinski definition) is 1. The van der Waals surface area contributed by atoms with Crippen LogP contribution in [0.2, 0.25) is 0 Å². The Morgan fingerprint density at radius 3 is 2.78 bits per heavy atom. The summed E-state index contributed by atoms with van der Waals surface area (Å²) in [7, 11) is 3.28. The van der Waals surface area contributed by atoms with Gasteiger partial charge in [-0.2, -0.15) is 0 Å². The third-order valence-electron chi connectivity index (χ3n) is 0.780. The van der Waals surface area contributed by atoms with Crippen LogP contribution in [-0.2, 0) is 14.1 Å². The van der Waals surface area contributed by atoms with Gasteiger partial charge in [-0.3, -0.25) is 4.79 Å². The fourth-order valence-electron chi connectivity index (χ4n) is 0.323. The van der Waals surface area contributed by atoms with Crippen LogP contribution in [0.3, 0.4) is 0 Å². The van der Waals surface area contributed by atoms with Crippen LogP contribution in [0.15, 0.2) is 0 Å². The third kappa shape index (κ3) is 3.40. The lowest BCUT2D eigenvalue weighted by atomic mass is 10.3. The molecule has 0 aromatic rings. The van der Waals surface area contributed by atoms with E-state index in [9.17, 15) is 4.79 Å². The maximum atomic E-state index is 10.5. The number of carbonyl (C=O) groups excluding carboxylic acids is 1. The van der Waals surface area contributed by atoms with Gasteiger partial charge in [-0.1, -0.05) is 0 Å². The zero-order chi connectivity index (χ0) is 7.28. The number of esters is 1. The Hall–Kier alpha value is -0.180. The molecule has 0 radical (unpaired) electrons. The summed E-state index contributed by atoms with van der Waals surface area (Å²) < 4.78 is 8.83. The van der Waals surface area contributed by atoms with Crippen LogP contribution in [0.5, 0.6) is 0 Å². The van der Waals surface area contributed by atoms with Crippen molar-refractivity contribution in [3.05, 3.63) is 0 Å². The monoisotopic (exact) mass is 151 g/mol. The minimum Gasteiger partial charge on any atom is -0.468 e. The van der Waals surface area contributed by atoms with Crippen LogP contribution in [0.25, 0.3) is 0 Å². The van der Waals surface area contributed by atoms with Crippen molar-refractivity contribution in [1.29, 1.82) is 0 Å². The predicted molar refractivity (Wildman–Crippen MR) is 35.7 cm³/mol. The van der Waals surface area contributed by atoms with Gasteiger partial charge in [0.25, 0.3) is 0 Å². The molecule has 0 aliphatic heterocycles. The molecular formula is C4H10NO3P. The van der Waals surface area contributed by atoms with E-state index in [2.05, 4.69) is 9.26 Å². The van der Waals surface area contributed by atoms with Crippen LogP contribution in [0, 0.1) is 0 Å². The van der Waals surface area contributed by atoms with Gasteiger partial charge in [0, 0.05) is 9.47 Å². The summed E-state index contributed by atoms with van der Waals surface area (Å²) in [6, 6.07) is -0.674. The van der Waals surface area contributed by atoms with Crippen LogP contribution in [-0.4, -0.2) is 25.7 Å². The fourth-order valence-corrected chi connectivity index (χ4v) is 0.530. The maximum absolute atomic E-state index is 10.5. The van der Waals surface area contributed by atoms with Gasteiger partial charge in [-0.05, 0) is 0 Å². The highest BCUT2D eigenvalue weighted by Gasteiger charge is 2.11. The molecule has 0 spiro atoms. The molecule has 0 amide bonds. The Kier molecular flexibility index (Phi) is 4.58. The second-order valence-electron chi connectivity index (χ2n) is 1.46. The topological polar surface area (TPSA) is 61.5 Å². The van der Waals surface area contributed by atoms with E-state index in [-0.39, 0.29) is 6.61 Å². The lowest BCUT2D eigenvalue weighted by Crippen LogP contribution is -2.35. The molecule has 0 aromatic heterocycles. The Balaban J connectivity index is 3.45. The number of ether oxygens (including phenoxy) is 1. The summed E-state index contributed by atoms with van der Waals surface area (Å²) in [5.74, 6) is -0.461. The van der Waals surface area contributed by atoms with Crippen LogP contribution < -0.4 is 5.73 Å². The average molecular weight is 151 g/mol. The highest BCUT2D eigenvalue weighted by molar-refractivity contribution is 7.09. The van der Waals surface area contributed by atoms with E-state index >= 15 is 0 Å². The molecule has 2 unspecified atom stereocenters. The van der Waals surface area contributed by atoms with Crippen molar-refractivity contribution >= 4 is 15.4 Å². The zero-order valence-corrected chi connectivity index (χ0v) is 6.32. The largest absolute Gasteiger partial charge is 0.468 e. The van der Waals surface area contributed by atoms with Crippen molar-refractivity contribution in [3.8, 4) is 0 Å². The van der Waals surface area contributed by atoms with Gasteiger partial charge in [-0.25, -0.2) is 0 Å². The minimum absolute atomic E-state index is 0.164. The van der Waals surface area contributed by atoms with Crippen molar-refractivity contribution in [1.82, 2.24) is 0 Å². The summed E-state index contributed by atoms with van der Waals surface area (Å²) in [5.41, 5.74) is 5.23.